The molecule has 0 spiro atoms. The number of nitrogens with two attached hydrogens (primary N) is 1. The minimum Gasteiger partial charge on any atom is -0.370 e. The second kappa shape index (κ2) is 4.23. The molecule has 11 heavy (non-hydrogen) atoms. The third-order valence-corrected chi connectivity index (χ3v) is 1.88. The molecule has 0 saturated carbocycles. The second-order valence-electron chi connectivity index (χ2n) is 2.80. The maximum Gasteiger partial charge on any atom is 0.0869 e. The molecule has 1 aliphatic heterocycles. The highest BCUT2D eigenvalue weighted by atomic mass is 15.3. The lowest BCUT2D eigenvalue weighted by molar-refractivity contribution is 0.386. The van der Waals surface area contributed by atoms with Crippen LogP contribution < -0.4 is 11.1 Å². The van der Waals surface area contributed by atoms with Gasteiger partial charge in [0.25, 0.3) is 0 Å². The summed E-state index contributed by atoms with van der Waals surface area (Å²) < 4.78 is 0. The van der Waals surface area contributed by atoms with Crippen molar-refractivity contribution >= 4 is 0 Å². The summed E-state index contributed by atoms with van der Waals surface area (Å²) >= 11 is 0. The number of hydrogen-bond donors (Lipinski definition) is 2. The van der Waals surface area contributed by atoms with Crippen LogP contribution in [0.15, 0.2) is 11.9 Å². The van der Waals surface area contributed by atoms with Crippen LogP contribution in [0.3, 0.4) is 0 Å². The fraction of sp³-hybridized carbons (Fsp3) is 0.750. The van der Waals surface area contributed by atoms with Gasteiger partial charge >= 0.3 is 0 Å². The van der Waals surface area contributed by atoms with Gasteiger partial charge in [0.05, 0.1) is 6.67 Å². The lowest BCUT2D eigenvalue weighted by Crippen LogP contribution is -2.23. The fourth-order valence-electron chi connectivity index (χ4n) is 1.17. The van der Waals surface area contributed by atoms with E-state index in [0.717, 1.165) is 32.6 Å². The van der Waals surface area contributed by atoms with Crippen LogP contribution >= 0.6 is 0 Å². The van der Waals surface area contributed by atoms with Gasteiger partial charge in [-0.15, -0.1) is 0 Å². The topological polar surface area (TPSA) is 41.3 Å². The molecular formula is C8H17N3. The maximum atomic E-state index is 5.41. The van der Waals surface area contributed by atoms with Gasteiger partial charge in [-0.1, -0.05) is 6.92 Å². The van der Waals surface area contributed by atoms with Crippen molar-refractivity contribution in [2.24, 2.45) is 5.73 Å². The summed E-state index contributed by atoms with van der Waals surface area (Å²) in [5.41, 5.74) is 6.74. The predicted molar refractivity (Wildman–Crippen MR) is 46.8 cm³/mol. The smallest absolute Gasteiger partial charge is 0.0869 e. The van der Waals surface area contributed by atoms with E-state index in [2.05, 4.69) is 23.3 Å². The van der Waals surface area contributed by atoms with E-state index in [1.165, 1.54) is 5.70 Å². The molecule has 0 aromatic rings. The average molecular weight is 155 g/mol. The number of nitrogens with one attached hydrogen (secondary N) is 1. The molecule has 1 heterocycles. The number of rotatable bonds is 4. The van der Waals surface area contributed by atoms with E-state index in [4.69, 9.17) is 5.73 Å². The highest BCUT2D eigenvalue weighted by Gasteiger charge is 2.07. The van der Waals surface area contributed by atoms with Gasteiger partial charge in [-0.05, 0) is 19.4 Å². The van der Waals surface area contributed by atoms with Gasteiger partial charge in [0.1, 0.15) is 0 Å². The van der Waals surface area contributed by atoms with Gasteiger partial charge < -0.3 is 16.0 Å². The van der Waals surface area contributed by atoms with Crippen molar-refractivity contribution in [3.05, 3.63) is 11.9 Å². The predicted octanol–water partition coefficient (Wildman–Crippen LogP) is 0.449. The molecule has 3 nitrogen and oxygen atoms in total. The standard InChI is InChI=1S/C8H17N3/c1-2-8-6-11(7-10-8)5-3-4-9/h6,10H,2-5,7,9H2,1H3. The molecule has 0 amide bonds. The Bertz CT molecular complexity index is 142. The van der Waals surface area contributed by atoms with Gasteiger partial charge in [-0.25, -0.2) is 0 Å². The Labute approximate surface area is 68.2 Å². The van der Waals surface area contributed by atoms with Crippen molar-refractivity contribution in [3.63, 3.8) is 0 Å². The van der Waals surface area contributed by atoms with Crippen molar-refractivity contribution in [1.29, 1.82) is 0 Å². The monoisotopic (exact) mass is 155 g/mol. The van der Waals surface area contributed by atoms with Crippen LogP contribution in [0.5, 0.6) is 0 Å². The summed E-state index contributed by atoms with van der Waals surface area (Å²) in [6, 6.07) is 0. The Morgan fingerprint density at radius 3 is 3.09 bits per heavy atom. The van der Waals surface area contributed by atoms with Crippen molar-refractivity contribution in [1.82, 2.24) is 10.2 Å². The Hall–Kier alpha value is -0.700. The highest BCUT2D eigenvalue weighted by molar-refractivity contribution is 5.03. The normalized spacial score (nSPS) is 16.5. The molecule has 0 unspecified atom stereocenters. The minimum absolute atomic E-state index is 0.784. The summed E-state index contributed by atoms with van der Waals surface area (Å²) in [5.74, 6) is 0. The zero-order valence-corrected chi connectivity index (χ0v) is 7.14. The Balaban J connectivity index is 2.22. The third kappa shape index (κ3) is 2.42. The molecule has 0 saturated heterocycles. The molecular weight excluding hydrogens is 138 g/mol. The molecule has 0 aliphatic carbocycles. The van der Waals surface area contributed by atoms with Gasteiger partial charge in [0, 0.05) is 18.4 Å². The SMILES string of the molecule is CCC1=CN(CCCN)CN1. The zero-order chi connectivity index (χ0) is 8.10. The molecule has 1 rings (SSSR count). The molecule has 0 atom stereocenters. The zero-order valence-electron chi connectivity index (χ0n) is 7.14. The van der Waals surface area contributed by atoms with E-state index in [-0.39, 0.29) is 0 Å². The van der Waals surface area contributed by atoms with Crippen LogP contribution in [0.1, 0.15) is 19.8 Å². The molecule has 64 valence electrons. The first-order valence-corrected chi connectivity index (χ1v) is 4.25. The molecule has 3 N–H and O–H groups in total. The first kappa shape index (κ1) is 8.40. The van der Waals surface area contributed by atoms with Gasteiger partial charge in [-0.3, -0.25) is 0 Å². The van der Waals surface area contributed by atoms with Gasteiger partial charge in [0.15, 0.2) is 0 Å². The van der Waals surface area contributed by atoms with E-state index in [9.17, 15) is 0 Å². The maximum absolute atomic E-state index is 5.41. The van der Waals surface area contributed by atoms with E-state index in [0.29, 0.717) is 0 Å². The van der Waals surface area contributed by atoms with E-state index in [1.54, 1.807) is 0 Å². The Kier molecular flexibility index (Phi) is 3.23. The van der Waals surface area contributed by atoms with E-state index < -0.39 is 0 Å². The number of hydrogen-bond acceptors (Lipinski definition) is 3. The lowest BCUT2D eigenvalue weighted by atomic mass is 10.4. The second-order valence-corrected chi connectivity index (χ2v) is 2.80. The third-order valence-electron chi connectivity index (χ3n) is 1.88. The largest absolute Gasteiger partial charge is 0.370 e. The van der Waals surface area contributed by atoms with E-state index in [1.807, 2.05) is 0 Å². The Morgan fingerprint density at radius 1 is 1.73 bits per heavy atom. The van der Waals surface area contributed by atoms with Crippen LogP contribution in [0.2, 0.25) is 0 Å². The Morgan fingerprint density at radius 2 is 2.55 bits per heavy atom. The van der Waals surface area contributed by atoms with Crippen molar-refractivity contribution < 1.29 is 0 Å². The summed E-state index contributed by atoms with van der Waals surface area (Å²) in [4.78, 5) is 2.27. The van der Waals surface area contributed by atoms with Crippen LogP contribution in [-0.2, 0) is 0 Å². The highest BCUT2D eigenvalue weighted by Crippen LogP contribution is 2.06. The number of allylic oxidation sites excluding steroid dienone is 1. The summed E-state index contributed by atoms with van der Waals surface area (Å²) in [5, 5.41) is 3.31. The first-order chi connectivity index (χ1) is 5.36. The molecule has 0 radical (unpaired) electrons. The van der Waals surface area contributed by atoms with Gasteiger partial charge in [0.2, 0.25) is 0 Å². The van der Waals surface area contributed by atoms with Crippen LogP contribution in [0.25, 0.3) is 0 Å². The molecule has 0 aromatic heterocycles. The lowest BCUT2D eigenvalue weighted by Gasteiger charge is -2.12. The molecule has 1 aliphatic rings. The van der Waals surface area contributed by atoms with Crippen LogP contribution in [-0.4, -0.2) is 24.7 Å². The summed E-state index contributed by atoms with van der Waals surface area (Å²) in [7, 11) is 0. The summed E-state index contributed by atoms with van der Waals surface area (Å²) in [6.07, 6.45) is 4.37. The molecule has 0 aromatic carbocycles. The van der Waals surface area contributed by atoms with E-state index >= 15 is 0 Å². The van der Waals surface area contributed by atoms with Crippen molar-refractivity contribution in [3.8, 4) is 0 Å². The van der Waals surface area contributed by atoms with Crippen molar-refractivity contribution in [2.45, 2.75) is 19.8 Å². The van der Waals surface area contributed by atoms with Gasteiger partial charge in [-0.2, -0.15) is 0 Å². The summed E-state index contributed by atoms with van der Waals surface area (Å²) in [6.45, 7) is 4.98. The van der Waals surface area contributed by atoms with Crippen molar-refractivity contribution in [2.75, 3.05) is 19.8 Å². The minimum atomic E-state index is 0.784. The first-order valence-electron chi connectivity index (χ1n) is 4.25. The number of nitrogens with zero attached hydrogens (tertiary/aromatic N) is 1. The fourth-order valence-corrected chi connectivity index (χ4v) is 1.17. The quantitative estimate of drug-likeness (QED) is 0.619. The molecule has 0 fully saturated rings. The molecule has 0 bridgehead atoms. The molecule has 3 heteroatoms. The average Bonchev–Trinajstić information content (AvgIpc) is 2.48. The van der Waals surface area contributed by atoms with Crippen LogP contribution in [0, 0.1) is 0 Å². The van der Waals surface area contributed by atoms with Crippen LogP contribution in [0.4, 0.5) is 0 Å².